The van der Waals surface area contributed by atoms with Crippen LogP contribution in [0.15, 0.2) is 22.9 Å². The third-order valence-corrected chi connectivity index (χ3v) is 2.24. The first-order valence-corrected chi connectivity index (χ1v) is 6.03. The van der Waals surface area contributed by atoms with Gasteiger partial charge in [0.2, 0.25) is 0 Å². The molecule has 13 heavy (non-hydrogen) atoms. The van der Waals surface area contributed by atoms with Gasteiger partial charge in [-0.3, -0.25) is 4.18 Å². The van der Waals surface area contributed by atoms with E-state index in [4.69, 9.17) is 0 Å². The van der Waals surface area contributed by atoms with Crippen LogP contribution >= 0.6 is 15.9 Å². The maximum atomic E-state index is 10.6. The molecule has 0 aliphatic rings. The van der Waals surface area contributed by atoms with E-state index in [-0.39, 0.29) is 6.61 Å². The Morgan fingerprint density at radius 3 is 2.69 bits per heavy atom. The van der Waals surface area contributed by atoms with Gasteiger partial charge in [-0.1, -0.05) is 6.07 Å². The van der Waals surface area contributed by atoms with Crippen LogP contribution in [0.2, 0.25) is 0 Å². The molecule has 0 radical (unpaired) electrons. The molecule has 0 N–H and O–H groups in total. The molecule has 0 saturated heterocycles. The molecule has 6 heteroatoms. The van der Waals surface area contributed by atoms with Gasteiger partial charge in [0.25, 0.3) is 10.1 Å². The lowest BCUT2D eigenvalue weighted by Crippen LogP contribution is -2.02. The number of pyridine rings is 1. The Labute approximate surface area is 85.2 Å². The summed E-state index contributed by atoms with van der Waals surface area (Å²) in [6.07, 6.45) is 2.56. The van der Waals surface area contributed by atoms with Gasteiger partial charge in [-0.15, -0.1) is 0 Å². The topological polar surface area (TPSA) is 56.3 Å². The minimum Gasteiger partial charge on any atom is -0.265 e. The van der Waals surface area contributed by atoms with E-state index in [9.17, 15) is 8.42 Å². The van der Waals surface area contributed by atoms with E-state index < -0.39 is 10.1 Å². The second-order valence-electron chi connectivity index (χ2n) is 2.46. The molecule has 4 nitrogen and oxygen atoms in total. The highest BCUT2D eigenvalue weighted by Crippen LogP contribution is 2.07. The normalized spacial score (nSPS) is 11.5. The number of hydrogen-bond acceptors (Lipinski definition) is 4. The fraction of sp³-hybridized carbons (Fsp3) is 0.286. The quantitative estimate of drug-likeness (QED) is 0.611. The van der Waals surface area contributed by atoms with E-state index in [0.29, 0.717) is 10.2 Å². The Morgan fingerprint density at radius 2 is 2.23 bits per heavy atom. The van der Waals surface area contributed by atoms with Crippen molar-refractivity contribution in [3.8, 4) is 0 Å². The van der Waals surface area contributed by atoms with Crippen molar-refractivity contribution in [3.05, 3.63) is 28.5 Å². The van der Waals surface area contributed by atoms with Gasteiger partial charge in [0.05, 0.1) is 12.9 Å². The van der Waals surface area contributed by atoms with Crippen molar-refractivity contribution in [2.24, 2.45) is 0 Å². The molecule has 0 aliphatic carbocycles. The highest BCUT2D eigenvalue weighted by molar-refractivity contribution is 9.10. The van der Waals surface area contributed by atoms with Crippen LogP contribution in [-0.2, 0) is 20.9 Å². The monoisotopic (exact) mass is 265 g/mol. The minimum atomic E-state index is -3.37. The van der Waals surface area contributed by atoms with Crippen molar-refractivity contribution in [2.45, 2.75) is 6.61 Å². The zero-order valence-electron chi connectivity index (χ0n) is 6.90. The molecule has 1 aromatic heterocycles. The van der Waals surface area contributed by atoms with E-state index in [1.165, 1.54) is 0 Å². The van der Waals surface area contributed by atoms with Gasteiger partial charge >= 0.3 is 0 Å². The van der Waals surface area contributed by atoms with E-state index >= 15 is 0 Å². The first-order chi connectivity index (χ1) is 5.97. The molecule has 1 heterocycles. The minimum absolute atomic E-state index is 0.0269. The Hall–Kier alpha value is -0.460. The van der Waals surface area contributed by atoms with Crippen LogP contribution in [0.25, 0.3) is 0 Å². The van der Waals surface area contributed by atoms with Crippen molar-refractivity contribution >= 4 is 26.0 Å². The molecule has 0 bridgehead atoms. The largest absolute Gasteiger partial charge is 0.265 e. The fourth-order valence-electron chi connectivity index (χ4n) is 0.667. The number of nitrogens with zero attached hydrogens (tertiary/aromatic N) is 1. The fourth-order valence-corrected chi connectivity index (χ4v) is 1.25. The van der Waals surface area contributed by atoms with E-state index in [2.05, 4.69) is 25.1 Å². The smallest absolute Gasteiger partial charge is 0.264 e. The summed E-state index contributed by atoms with van der Waals surface area (Å²) >= 11 is 3.17. The SMILES string of the molecule is CS(=O)(=O)OCc1ccc(Br)nc1. The Balaban J connectivity index is 2.61. The maximum absolute atomic E-state index is 10.6. The molecule has 72 valence electrons. The first-order valence-electron chi connectivity index (χ1n) is 3.42. The van der Waals surface area contributed by atoms with Crippen molar-refractivity contribution in [3.63, 3.8) is 0 Å². The number of aromatic nitrogens is 1. The predicted octanol–water partition coefficient (Wildman–Crippen LogP) is 1.32. The number of hydrogen-bond donors (Lipinski definition) is 0. The van der Waals surface area contributed by atoms with Gasteiger partial charge in [0, 0.05) is 6.20 Å². The zero-order valence-corrected chi connectivity index (χ0v) is 9.30. The summed E-state index contributed by atoms with van der Waals surface area (Å²) in [6.45, 7) is 0.0269. The third-order valence-electron chi connectivity index (χ3n) is 1.23. The summed E-state index contributed by atoms with van der Waals surface area (Å²) < 4.78 is 26.5. The van der Waals surface area contributed by atoms with Crippen LogP contribution in [0.3, 0.4) is 0 Å². The molecular weight excluding hydrogens is 258 g/mol. The van der Waals surface area contributed by atoms with Gasteiger partial charge in [0.1, 0.15) is 4.60 Å². The molecule has 1 rings (SSSR count). The molecule has 0 spiro atoms. The van der Waals surface area contributed by atoms with Crippen molar-refractivity contribution in [1.82, 2.24) is 4.98 Å². The number of rotatable bonds is 3. The van der Waals surface area contributed by atoms with Crippen molar-refractivity contribution in [1.29, 1.82) is 0 Å². The van der Waals surface area contributed by atoms with Crippen LogP contribution in [0, 0.1) is 0 Å². The number of halogens is 1. The molecule has 0 amide bonds. The van der Waals surface area contributed by atoms with Gasteiger partial charge in [-0.2, -0.15) is 8.42 Å². The summed E-state index contributed by atoms with van der Waals surface area (Å²) in [5.41, 5.74) is 0.716. The summed E-state index contributed by atoms with van der Waals surface area (Å²) in [4.78, 5) is 3.92. The Morgan fingerprint density at radius 1 is 1.54 bits per heavy atom. The van der Waals surface area contributed by atoms with Crippen LogP contribution in [0.4, 0.5) is 0 Å². The van der Waals surface area contributed by atoms with Crippen molar-refractivity contribution in [2.75, 3.05) is 6.26 Å². The summed E-state index contributed by atoms with van der Waals surface area (Å²) in [5.74, 6) is 0. The van der Waals surface area contributed by atoms with Gasteiger partial charge in [-0.25, -0.2) is 4.98 Å². The standard InChI is InChI=1S/C7H8BrNO3S/c1-13(10,11)12-5-6-2-3-7(8)9-4-6/h2-4H,5H2,1H3. The average molecular weight is 266 g/mol. The van der Waals surface area contributed by atoms with Crippen molar-refractivity contribution < 1.29 is 12.6 Å². The summed E-state index contributed by atoms with van der Waals surface area (Å²) in [7, 11) is -3.37. The average Bonchev–Trinajstić information content (AvgIpc) is 2.02. The van der Waals surface area contributed by atoms with Crippen LogP contribution in [0.5, 0.6) is 0 Å². The van der Waals surface area contributed by atoms with E-state index in [0.717, 1.165) is 6.26 Å². The van der Waals surface area contributed by atoms with Gasteiger partial charge in [-0.05, 0) is 27.6 Å². The molecule has 0 aromatic carbocycles. The maximum Gasteiger partial charge on any atom is 0.264 e. The summed E-state index contributed by atoms with van der Waals surface area (Å²) in [5, 5.41) is 0. The van der Waals surface area contributed by atoms with E-state index in [1.807, 2.05) is 0 Å². The van der Waals surface area contributed by atoms with E-state index in [1.54, 1.807) is 18.3 Å². The molecular formula is C7H8BrNO3S. The molecule has 0 unspecified atom stereocenters. The molecule has 1 aromatic rings. The lowest BCUT2D eigenvalue weighted by Gasteiger charge is -2.00. The second kappa shape index (κ2) is 4.17. The second-order valence-corrected chi connectivity index (χ2v) is 4.91. The Kier molecular flexibility index (Phi) is 3.40. The summed E-state index contributed by atoms with van der Waals surface area (Å²) in [6, 6.07) is 3.46. The van der Waals surface area contributed by atoms with Crippen LogP contribution in [-0.4, -0.2) is 19.7 Å². The zero-order chi connectivity index (χ0) is 9.90. The molecule has 0 saturated carbocycles. The lowest BCUT2D eigenvalue weighted by atomic mass is 10.3. The molecule has 0 aliphatic heterocycles. The molecule has 0 fully saturated rings. The van der Waals surface area contributed by atoms with Crippen LogP contribution in [0.1, 0.15) is 5.56 Å². The third kappa shape index (κ3) is 4.35. The van der Waals surface area contributed by atoms with Gasteiger partial charge in [0.15, 0.2) is 0 Å². The highest BCUT2D eigenvalue weighted by atomic mass is 79.9. The highest BCUT2D eigenvalue weighted by Gasteiger charge is 2.02. The molecule has 0 atom stereocenters. The van der Waals surface area contributed by atoms with Gasteiger partial charge < -0.3 is 0 Å². The van der Waals surface area contributed by atoms with Crippen LogP contribution < -0.4 is 0 Å². The first kappa shape index (κ1) is 10.6. The lowest BCUT2D eigenvalue weighted by molar-refractivity contribution is 0.311. The Bertz CT molecular complexity index is 373. The predicted molar refractivity (Wildman–Crippen MR) is 51.6 cm³/mol.